The van der Waals surface area contributed by atoms with Crippen LogP contribution in [0.5, 0.6) is 0 Å². The van der Waals surface area contributed by atoms with Crippen LogP contribution >= 0.6 is 0 Å². The van der Waals surface area contributed by atoms with Crippen LogP contribution in [0.3, 0.4) is 0 Å². The molecule has 0 spiro atoms. The lowest BCUT2D eigenvalue weighted by atomic mass is 9.88. The highest BCUT2D eigenvalue weighted by Crippen LogP contribution is 2.19. The lowest BCUT2D eigenvalue weighted by molar-refractivity contribution is -0.184. The third-order valence-corrected chi connectivity index (χ3v) is 3.51. The van der Waals surface area contributed by atoms with Gasteiger partial charge in [0.05, 0.1) is 5.60 Å². The average molecular weight is 402 g/mol. The third-order valence-electron chi connectivity index (χ3n) is 3.51. The number of rotatable bonds is 8. The monoisotopic (exact) mass is 402 g/mol. The first-order valence-corrected chi connectivity index (χ1v) is 9.29. The summed E-state index contributed by atoms with van der Waals surface area (Å²) in [5.74, 6) is -2.74. The van der Waals surface area contributed by atoms with Gasteiger partial charge < -0.3 is 18.9 Å². The van der Waals surface area contributed by atoms with E-state index in [4.69, 9.17) is 18.9 Å². The smallest absolute Gasteiger partial charge is 0.347 e. The zero-order valence-corrected chi connectivity index (χ0v) is 18.6. The second-order valence-electron chi connectivity index (χ2n) is 8.72. The van der Waals surface area contributed by atoms with E-state index in [1.165, 1.54) is 27.7 Å². The van der Waals surface area contributed by atoms with Gasteiger partial charge >= 0.3 is 17.9 Å². The molecule has 4 atom stereocenters. The van der Waals surface area contributed by atoms with E-state index in [1.54, 1.807) is 41.5 Å². The first-order chi connectivity index (χ1) is 12.5. The van der Waals surface area contributed by atoms with Crippen LogP contribution in [0.2, 0.25) is 0 Å². The highest BCUT2D eigenvalue weighted by Gasteiger charge is 2.32. The molecule has 0 saturated carbocycles. The van der Waals surface area contributed by atoms with Crippen LogP contribution in [0, 0.1) is 5.41 Å². The zero-order valence-electron chi connectivity index (χ0n) is 18.6. The Bertz CT molecular complexity index is 582. The molecule has 0 aromatic carbocycles. The predicted octanol–water partition coefficient (Wildman–Crippen LogP) is 2.60. The molecule has 28 heavy (non-hydrogen) atoms. The number of ether oxygens (including phenoxy) is 4. The Morgan fingerprint density at radius 1 is 0.571 bits per heavy atom. The maximum Gasteiger partial charge on any atom is 0.347 e. The van der Waals surface area contributed by atoms with Gasteiger partial charge in [-0.3, -0.25) is 4.79 Å². The molecule has 0 saturated heterocycles. The number of esters is 3. The Morgan fingerprint density at radius 2 is 0.893 bits per heavy atom. The first-order valence-electron chi connectivity index (χ1n) is 9.29. The van der Waals surface area contributed by atoms with Crippen molar-refractivity contribution in [3.05, 3.63) is 0 Å². The van der Waals surface area contributed by atoms with Gasteiger partial charge in [-0.15, -0.1) is 0 Å². The quantitative estimate of drug-likeness (QED) is 0.451. The van der Waals surface area contributed by atoms with Gasteiger partial charge in [0, 0.05) is 5.41 Å². The summed E-state index contributed by atoms with van der Waals surface area (Å²) in [6.45, 7) is 16.1. The number of ketones is 1. The van der Waals surface area contributed by atoms with Gasteiger partial charge in [-0.1, -0.05) is 20.8 Å². The number of hydrogen-bond acceptors (Lipinski definition) is 8. The Kier molecular flexibility index (Phi) is 9.30. The summed E-state index contributed by atoms with van der Waals surface area (Å²) in [5, 5.41) is 0. The molecule has 0 N–H and O–H groups in total. The standard InChI is InChI=1S/C20H34O8/c1-11(15(21)19(5,6)7)25-16(22)12(2)26-17(23)13(3)27-18(24)14(4)28-20(8,9)10/h11-14H,1-10H3/t11-,12-,13-,14-/m0/s1. The lowest BCUT2D eigenvalue weighted by Crippen LogP contribution is -2.39. The number of hydrogen-bond donors (Lipinski definition) is 0. The van der Waals surface area contributed by atoms with E-state index >= 15 is 0 Å². The Balaban J connectivity index is 4.65. The summed E-state index contributed by atoms with van der Waals surface area (Å²) in [7, 11) is 0. The van der Waals surface area contributed by atoms with Gasteiger partial charge in [0.2, 0.25) is 0 Å². The van der Waals surface area contributed by atoms with Crippen molar-refractivity contribution in [2.24, 2.45) is 5.41 Å². The van der Waals surface area contributed by atoms with Crippen LogP contribution < -0.4 is 0 Å². The zero-order chi connectivity index (χ0) is 22.4. The van der Waals surface area contributed by atoms with Crippen molar-refractivity contribution in [1.82, 2.24) is 0 Å². The topological polar surface area (TPSA) is 105 Å². The maximum absolute atomic E-state index is 12.1. The molecule has 0 unspecified atom stereocenters. The second-order valence-corrected chi connectivity index (χ2v) is 8.72. The van der Waals surface area contributed by atoms with Crippen LogP contribution in [-0.2, 0) is 38.1 Å². The van der Waals surface area contributed by atoms with E-state index < -0.39 is 53.3 Å². The molecule has 0 aliphatic rings. The van der Waals surface area contributed by atoms with Crippen molar-refractivity contribution >= 4 is 23.7 Å². The van der Waals surface area contributed by atoms with E-state index in [2.05, 4.69) is 0 Å². The van der Waals surface area contributed by atoms with E-state index in [-0.39, 0.29) is 5.78 Å². The fraction of sp³-hybridized carbons (Fsp3) is 0.800. The predicted molar refractivity (Wildman–Crippen MR) is 101 cm³/mol. The maximum atomic E-state index is 12.1. The number of carbonyl (C=O) groups excluding carboxylic acids is 4. The summed E-state index contributed by atoms with van der Waals surface area (Å²) in [6, 6.07) is 0. The molecule has 0 aromatic heterocycles. The summed E-state index contributed by atoms with van der Waals surface area (Å²) in [4.78, 5) is 48.2. The fourth-order valence-electron chi connectivity index (χ4n) is 2.15. The molecule has 0 aromatic rings. The molecule has 0 heterocycles. The Morgan fingerprint density at radius 3 is 1.21 bits per heavy atom. The number of Topliss-reactive ketones (excluding diaryl/α,β-unsaturated/α-hetero) is 1. The molecule has 8 nitrogen and oxygen atoms in total. The van der Waals surface area contributed by atoms with Gasteiger partial charge in [0.25, 0.3) is 0 Å². The molecular weight excluding hydrogens is 368 g/mol. The molecule has 0 radical (unpaired) electrons. The van der Waals surface area contributed by atoms with E-state index in [9.17, 15) is 19.2 Å². The minimum atomic E-state index is -1.26. The van der Waals surface area contributed by atoms with Crippen molar-refractivity contribution in [2.45, 2.75) is 99.3 Å². The second kappa shape index (κ2) is 10.0. The van der Waals surface area contributed by atoms with Crippen molar-refractivity contribution in [3.63, 3.8) is 0 Å². The van der Waals surface area contributed by atoms with Crippen LogP contribution in [0.25, 0.3) is 0 Å². The SMILES string of the molecule is C[C@H](OC(=O)[C@H](C)OC(C)(C)C)C(=O)O[C@@H](C)C(=O)O[C@@H](C)C(=O)C(C)(C)C. The van der Waals surface area contributed by atoms with Crippen LogP contribution in [0.4, 0.5) is 0 Å². The van der Waals surface area contributed by atoms with Gasteiger partial charge in [-0.2, -0.15) is 0 Å². The van der Waals surface area contributed by atoms with E-state index in [0.29, 0.717) is 0 Å². The van der Waals surface area contributed by atoms with Crippen molar-refractivity contribution < 1.29 is 38.1 Å². The summed E-state index contributed by atoms with van der Waals surface area (Å²) >= 11 is 0. The normalized spacial score (nSPS) is 16.4. The minimum absolute atomic E-state index is 0.255. The molecule has 0 aliphatic heterocycles. The highest BCUT2D eigenvalue weighted by molar-refractivity contribution is 5.90. The lowest BCUT2D eigenvalue weighted by Gasteiger charge is -2.25. The van der Waals surface area contributed by atoms with Crippen LogP contribution in [0.15, 0.2) is 0 Å². The third kappa shape index (κ3) is 9.30. The summed E-state index contributed by atoms with van der Waals surface area (Å²) in [5.41, 5.74) is -1.23. The molecule has 0 aliphatic carbocycles. The van der Waals surface area contributed by atoms with Crippen molar-refractivity contribution in [2.75, 3.05) is 0 Å². The average Bonchev–Trinajstić information content (AvgIpc) is 2.50. The Labute approximate surface area is 167 Å². The van der Waals surface area contributed by atoms with Gasteiger partial charge in [-0.05, 0) is 48.5 Å². The largest absolute Gasteiger partial charge is 0.452 e. The summed E-state index contributed by atoms with van der Waals surface area (Å²) in [6.07, 6.45) is -4.34. The highest BCUT2D eigenvalue weighted by atomic mass is 16.6. The van der Waals surface area contributed by atoms with Crippen LogP contribution in [-0.4, -0.2) is 53.7 Å². The fourth-order valence-corrected chi connectivity index (χ4v) is 2.15. The number of carbonyl (C=O) groups is 4. The molecule has 0 bridgehead atoms. The van der Waals surface area contributed by atoms with Crippen molar-refractivity contribution in [3.8, 4) is 0 Å². The van der Waals surface area contributed by atoms with Crippen molar-refractivity contribution in [1.29, 1.82) is 0 Å². The molecule has 8 heteroatoms. The van der Waals surface area contributed by atoms with Gasteiger partial charge in [-0.25, -0.2) is 14.4 Å². The molecule has 162 valence electrons. The molecule has 0 rings (SSSR count). The summed E-state index contributed by atoms with van der Waals surface area (Å²) < 4.78 is 20.5. The Hall–Kier alpha value is -1.96. The molecule has 0 amide bonds. The van der Waals surface area contributed by atoms with E-state index in [1.807, 2.05) is 0 Å². The van der Waals surface area contributed by atoms with Gasteiger partial charge in [0.15, 0.2) is 30.2 Å². The minimum Gasteiger partial charge on any atom is -0.452 e. The van der Waals surface area contributed by atoms with E-state index in [0.717, 1.165) is 0 Å². The molecular formula is C20H34O8. The first kappa shape index (κ1) is 26.0. The van der Waals surface area contributed by atoms with Crippen LogP contribution in [0.1, 0.15) is 69.2 Å². The van der Waals surface area contributed by atoms with Gasteiger partial charge in [0.1, 0.15) is 0 Å². The molecule has 0 fully saturated rings.